The van der Waals surface area contributed by atoms with Gasteiger partial charge in [-0.05, 0) is 67.1 Å². The molecule has 5 aromatic rings. The molecule has 0 saturated heterocycles. The second-order valence-corrected chi connectivity index (χ2v) is 8.60. The lowest BCUT2D eigenvalue weighted by molar-refractivity contribution is -0.117. The second-order valence-electron chi connectivity index (χ2n) is 7.57. The fraction of sp³-hybridized carbons (Fsp3) is 0.0800. The Balaban J connectivity index is 1.30. The van der Waals surface area contributed by atoms with Crippen molar-refractivity contribution in [3.63, 3.8) is 0 Å². The number of pyridine rings is 1. The number of benzene rings is 2. The van der Waals surface area contributed by atoms with E-state index in [0.29, 0.717) is 11.4 Å². The summed E-state index contributed by atoms with van der Waals surface area (Å²) in [5.74, 6) is -0.334. The molecule has 1 N–H and O–H groups in total. The first-order chi connectivity index (χ1) is 16.0. The zero-order chi connectivity index (χ0) is 22.8. The summed E-state index contributed by atoms with van der Waals surface area (Å²) in [4.78, 5) is 33.4. The lowest BCUT2D eigenvalue weighted by atomic mass is 10.2. The average molecular weight is 454 g/mol. The molecule has 0 unspecified atom stereocenters. The van der Waals surface area contributed by atoms with E-state index in [1.165, 1.54) is 11.6 Å². The number of rotatable bonds is 5. The number of carbonyl (C=O) groups excluding carboxylic acids is 1. The summed E-state index contributed by atoms with van der Waals surface area (Å²) in [6.07, 6.45) is 3.30. The van der Waals surface area contributed by atoms with Crippen LogP contribution in [0.2, 0.25) is 0 Å². The molecule has 0 fully saturated rings. The molecule has 0 aliphatic carbocycles. The van der Waals surface area contributed by atoms with Gasteiger partial charge in [-0.2, -0.15) is 5.10 Å². The molecule has 5 rings (SSSR count). The Morgan fingerprint density at radius 3 is 2.55 bits per heavy atom. The number of nitrogens with one attached hydrogen (secondary N) is 1. The summed E-state index contributed by atoms with van der Waals surface area (Å²) in [5, 5.41) is 8.07. The maximum absolute atomic E-state index is 12.6. The van der Waals surface area contributed by atoms with Gasteiger partial charge in [-0.25, -0.2) is 9.67 Å². The first kappa shape index (κ1) is 20.7. The van der Waals surface area contributed by atoms with Gasteiger partial charge in [-0.15, -0.1) is 11.3 Å². The molecule has 7 nitrogen and oxygen atoms in total. The highest BCUT2D eigenvalue weighted by atomic mass is 32.1. The highest BCUT2D eigenvalue weighted by Gasteiger charge is 2.10. The number of amides is 1. The normalized spacial score (nSPS) is 10.9. The first-order valence-electron chi connectivity index (χ1n) is 10.3. The Labute approximate surface area is 193 Å². The maximum Gasteiger partial charge on any atom is 0.267 e. The maximum atomic E-state index is 12.6. The predicted molar refractivity (Wildman–Crippen MR) is 130 cm³/mol. The predicted octanol–water partition coefficient (Wildman–Crippen LogP) is 4.53. The molecule has 3 aromatic heterocycles. The third-order valence-corrected chi connectivity index (χ3v) is 6.16. The van der Waals surface area contributed by atoms with Gasteiger partial charge in [0.25, 0.3) is 5.56 Å². The number of fused-ring (bicyclic) bond motifs is 1. The largest absolute Gasteiger partial charge is 0.324 e. The number of aromatic nitrogens is 4. The Hall–Kier alpha value is -4.17. The molecular weight excluding hydrogens is 434 g/mol. The minimum atomic E-state index is -0.343. The fourth-order valence-electron chi connectivity index (χ4n) is 3.43. The number of hydrogen-bond acceptors (Lipinski definition) is 6. The van der Waals surface area contributed by atoms with E-state index in [2.05, 4.69) is 34.5 Å². The molecule has 0 spiro atoms. The third kappa shape index (κ3) is 4.56. The lowest BCUT2D eigenvalue weighted by Gasteiger charge is -2.08. The molecule has 8 heteroatoms. The van der Waals surface area contributed by atoms with Gasteiger partial charge >= 0.3 is 0 Å². The van der Waals surface area contributed by atoms with E-state index in [1.807, 2.05) is 30.3 Å². The summed E-state index contributed by atoms with van der Waals surface area (Å²) in [6, 6.07) is 20.3. The third-order valence-electron chi connectivity index (χ3n) is 5.10. The molecule has 0 radical (unpaired) electrons. The van der Waals surface area contributed by atoms with E-state index in [1.54, 1.807) is 41.9 Å². The highest BCUT2D eigenvalue weighted by Crippen LogP contribution is 2.31. The molecule has 3 heterocycles. The van der Waals surface area contributed by atoms with Gasteiger partial charge in [0.15, 0.2) is 0 Å². The molecule has 162 valence electrons. The zero-order valence-electron chi connectivity index (χ0n) is 17.7. The number of anilines is 1. The highest BCUT2D eigenvalue weighted by molar-refractivity contribution is 7.21. The van der Waals surface area contributed by atoms with Crippen LogP contribution in [-0.2, 0) is 11.3 Å². The second kappa shape index (κ2) is 8.76. The van der Waals surface area contributed by atoms with Gasteiger partial charge in [0.1, 0.15) is 11.6 Å². The fourth-order valence-corrected chi connectivity index (χ4v) is 4.50. The van der Waals surface area contributed by atoms with Crippen LogP contribution in [0.3, 0.4) is 0 Å². The number of nitrogens with zero attached hydrogens (tertiary/aromatic N) is 4. The molecule has 0 aliphatic rings. The van der Waals surface area contributed by atoms with E-state index >= 15 is 0 Å². The lowest BCUT2D eigenvalue weighted by Crippen LogP contribution is -2.29. The Morgan fingerprint density at radius 2 is 1.76 bits per heavy atom. The van der Waals surface area contributed by atoms with E-state index in [0.717, 1.165) is 31.0 Å². The molecule has 33 heavy (non-hydrogen) atoms. The topological polar surface area (TPSA) is 89.8 Å². The molecular formula is C25H19N5O2S. The van der Waals surface area contributed by atoms with Crippen molar-refractivity contribution in [1.29, 1.82) is 0 Å². The van der Waals surface area contributed by atoms with Crippen LogP contribution in [0.4, 0.5) is 5.69 Å². The van der Waals surface area contributed by atoms with Gasteiger partial charge in [-0.1, -0.05) is 6.07 Å². The van der Waals surface area contributed by atoms with Crippen LogP contribution < -0.4 is 10.9 Å². The summed E-state index contributed by atoms with van der Waals surface area (Å²) in [6.45, 7) is 1.88. The standard InChI is InChI=1S/C25H19N5O2S/c1-16-2-7-21-22(14-16)33-25(28-21)18-3-5-19(6-4-18)27-23(31)15-30-24(32)9-8-20(29-30)17-10-12-26-13-11-17/h2-14H,15H2,1H3,(H,27,31). The van der Waals surface area contributed by atoms with Crippen LogP contribution >= 0.6 is 11.3 Å². The minimum absolute atomic E-state index is 0.184. The van der Waals surface area contributed by atoms with E-state index in [-0.39, 0.29) is 18.0 Å². The monoisotopic (exact) mass is 453 g/mol. The summed E-state index contributed by atoms with van der Waals surface area (Å²) < 4.78 is 2.30. The van der Waals surface area contributed by atoms with Crippen molar-refractivity contribution in [2.75, 3.05) is 5.32 Å². The molecule has 2 aromatic carbocycles. The van der Waals surface area contributed by atoms with Gasteiger partial charge in [0.05, 0.1) is 15.9 Å². The zero-order valence-corrected chi connectivity index (χ0v) is 18.5. The number of carbonyl (C=O) groups is 1. The van der Waals surface area contributed by atoms with Crippen LogP contribution in [0.1, 0.15) is 5.56 Å². The van der Waals surface area contributed by atoms with Crippen LogP contribution in [0.5, 0.6) is 0 Å². The number of hydrogen-bond donors (Lipinski definition) is 1. The minimum Gasteiger partial charge on any atom is -0.324 e. The van der Waals surface area contributed by atoms with Crippen molar-refractivity contribution < 1.29 is 4.79 Å². The van der Waals surface area contributed by atoms with Crippen molar-refractivity contribution >= 4 is 33.1 Å². The van der Waals surface area contributed by atoms with Crippen molar-refractivity contribution in [2.45, 2.75) is 13.5 Å². The van der Waals surface area contributed by atoms with Crippen molar-refractivity contribution in [3.8, 4) is 21.8 Å². The Morgan fingerprint density at radius 1 is 0.970 bits per heavy atom. The van der Waals surface area contributed by atoms with Crippen LogP contribution in [-0.4, -0.2) is 25.7 Å². The summed E-state index contributed by atoms with van der Waals surface area (Å²) >= 11 is 1.64. The first-order valence-corrected chi connectivity index (χ1v) is 11.1. The Kier molecular flexibility index (Phi) is 5.50. The molecule has 1 amide bonds. The van der Waals surface area contributed by atoms with E-state index in [9.17, 15) is 9.59 Å². The van der Waals surface area contributed by atoms with Crippen molar-refractivity contribution in [2.24, 2.45) is 0 Å². The van der Waals surface area contributed by atoms with E-state index in [4.69, 9.17) is 4.98 Å². The number of thiazole rings is 1. The van der Waals surface area contributed by atoms with Crippen molar-refractivity contribution in [1.82, 2.24) is 19.7 Å². The SMILES string of the molecule is Cc1ccc2nc(-c3ccc(NC(=O)Cn4nc(-c5ccncc5)ccc4=O)cc3)sc2c1. The van der Waals surface area contributed by atoms with Crippen molar-refractivity contribution in [3.05, 3.63) is 95.0 Å². The summed E-state index contributed by atoms with van der Waals surface area (Å²) in [5.41, 5.74) is 4.87. The van der Waals surface area contributed by atoms with Gasteiger partial charge in [-0.3, -0.25) is 14.6 Å². The Bertz CT molecular complexity index is 1510. The van der Waals surface area contributed by atoms with Gasteiger partial charge in [0, 0.05) is 35.3 Å². The van der Waals surface area contributed by atoms with Crippen LogP contribution in [0, 0.1) is 6.92 Å². The number of aryl methyl sites for hydroxylation is 1. The smallest absolute Gasteiger partial charge is 0.267 e. The summed E-state index contributed by atoms with van der Waals surface area (Å²) in [7, 11) is 0. The molecule has 0 saturated carbocycles. The van der Waals surface area contributed by atoms with E-state index < -0.39 is 0 Å². The quantitative estimate of drug-likeness (QED) is 0.422. The van der Waals surface area contributed by atoms with Crippen LogP contribution in [0.15, 0.2) is 83.9 Å². The molecule has 0 bridgehead atoms. The van der Waals surface area contributed by atoms with Gasteiger partial charge < -0.3 is 5.32 Å². The van der Waals surface area contributed by atoms with Gasteiger partial charge in [0.2, 0.25) is 5.91 Å². The van der Waals surface area contributed by atoms with Crippen LogP contribution in [0.25, 0.3) is 32.0 Å². The average Bonchev–Trinajstić information content (AvgIpc) is 3.25. The molecule has 0 aliphatic heterocycles. The molecule has 0 atom stereocenters.